The SMILES string of the molecule is COc1ccc(C2(CNC(=O)c3ccc(O[C@@H]4O[C@@H](COC(C)=O)[C@@H](OC(C)=O)[C@H](OC(C)=O)[C@@H]4OC(C)=O)c(OC)c3)CCCC2)cc1OC. The molecule has 2 aromatic rings. The van der Waals surface area contributed by atoms with Gasteiger partial charge in [0, 0.05) is 45.2 Å². The number of rotatable bonds is 14. The van der Waals surface area contributed by atoms with E-state index in [2.05, 4.69) is 5.32 Å². The van der Waals surface area contributed by atoms with E-state index < -0.39 is 61.2 Å². The zero-order valence-electron chi connectivity index (χ0n) is 29.8. The van der Waals surface area contributed by atoms with Crippen molar-refractivity contribution in [2.75, 3.05) is 34.5 Å². The highest BCUT2D eigenvalue weighted by atomic mass is 16.7. The summed E-state index contributed by atoms with van der Waals surface area (Å²) in [4.78, 5) is 61.6. The molecule has 0 aromatic heterocycles. The lowest BCUT2D eigenvalue weighted by atomic mass is 9.78. The molecule has 51 heavy (non-hydrogen) atoms. The smallest absolute Gasteiger partial charge is 0.303 e. The number of carbonyl (C=O) groups is 5. The van der Waals surface area contributed by atoms with E-state index in [1.54, 1.807) is 14.2 Å². The second kappa shape index (κ2) is 17.2. The Labute approximate surface area is 296 Å². The maximum Gasteiger partial charge on any atom is 0.303 e. The normalized spacial score (nSPS) is 22.1. The fourth-order valence-electron chi connectivity index (χ4n) is 6.45. The molecule has 1 amide bonds. The molecule has 1 aliphatic heterocycles. The van der Waals surface area contributed by atoms with Crippen molar-refractivity contribution in [2.24, 2.45) is 0 Å². The lowest BCUT2D eigenvalue weighted by Crippen LogP contribution is -2.63. The fraction of sp³-hybridized carbons (Fsp3) is 0.528. The van der Waals surface area contributed by atoms with Gasteiger partial charge in [-0.1, -0.05) is 18.9 Å². The third-order valence-corrected chi connectivity index (χ3v) is 8.76. The van der Waals surface area contributed by atoms with Gasteiger partial charge in [0.15, 0.2) is 35.2 Å². The predicted molar refractivity (Wildman–Crippen MR) is 178 cm³/mol. The molecule has 1 N–H and O–H groups in total. The first-order valence-electron chi connectivity index (χ1n) is 16.5. The molecule has 1 aliphatic carbocycles. The summed E-state index contributed by atoms with van der Waals surface area (Å²) in [6.07, 6.45) is -3.09. The van der Waals surface area contributed by atoms with Crippen molar-refractivity contribution in [3.05, 3.63) is 47.5 Å². The van der Waals surface area contributed by atoms with Crippen molar-refractivity contribution in [1.82, 2.24) is 5.32 Å². The minimum Gasteiger partial charge on any atom is -0.493 e. The lowest BCUT2D eigenvalue weighted by Gasteiger charge is -2.44. The molecule has 0 unspecified atom stereocenters. The molecule has 15 nitrogen and oxygen atoms in total. The Morgan fingerprint density at radius 3 is 1.86 bits per heavy atom. The van der Waals surface area contributed by atoms with Gasteiger partial charge in [-0.2, -0.15) is 0 Å². The predicted octanol–water partition coefficient (Wildman–Crippen LogP) is 3.42. The molecule has 278 valence electrons. The van der Waals surface area contributed by atoms with Crippen LogP contribution in [0.2, 0.25) is 0 Å². The Morgan fingerprint density at radius 2 is 1.27 bits per heavy atom. The summed E-state index contributed by atoms with van der Waals surface area (Å²) in [5.41, 5.74) is 1.03. The van der Waals surface area contributed by atoms with Crippen LogP contribution in [0.5, 0.6) is 23.0 Å². The third-order valence-electron chi connectivity index (χ3n) is 8.76. The van der Waals surface area contributed by atoms with Crippen LogP contribution >= 0.6 is 0 Å². The van der Waals surface area contributed by atoms with Gasteiger partial charge in [0.05, 0.1) is 21.3 Å². The quantitative estimate of drug-likeness (QED) is 0.222. The number of methoxy groups -OCH3 is 3. The van der Waals surface area contributed by atoms with Crippen LogP contribution in [0.1, 0.15) is 69.3 Å². The molecule has 1 saturated carbocycles. The van der Waals surface area contributed by atoms with E-state index in [-0.39, 0.29) is 28.4 Å². The zero-order valence-corrected chi connectivity index (χ0v) is 29.8. The van der Waals surface area contributed by atoms with Crippen molar-refractivity contribution in [1.29, 1.82) is 0 Å². The highest BCUT2D eigenvalue weighted by molar-refractivity contribution is 5.95. The number of amides is 1. The van der Waals surface area contributed by atoms with Crippen LogP contribution in [-0.4, -0.2) is 95.0 Å². The van der Waals surface area contributed by atoms with Crippen LogP contribution in [0.15, 0.2) is 36.4 Å². The van der Waals surface area contributed by atoms with Crippen molar-refractivity contribution >= 4 is 29.8 Å². The van der Waals surface area contributed by atoms with Crippen molar-refractivity contribution in [3.8, 4) is 23.0 Å². The zero-order chi connectivity index (χ0) is 37.3. The standard InChI is InChI=1S/C36H45NO14/c1-20(38)46-18-30-31(47-21(2)39)32(48-22(3)40)33(49-23(4)41)35(51-30)50-27-12-10-24(16-28(27)44-6)34(42)37-19-36(14-8-9-15-36)25-11-13-26(43-5)29(17-25)45-7/h10-13,16-17,30-33,35H,8-9,14-15,18-19H2,1-7H3,(H,37,42)/t30-,31+,32-,33-,35+/m0/s1. The molecule has 2 aromatic carbocycles. The van der Waals surface area contributed by atoms with Crippen LogP contribution in [0.25, 0.3) is 0 Å². The number of nitrogens with one attached hydrogen (secondary N) is 1. The number of benzene rings is 2. The van der Waals surface area contributed by atoms with Crippen molar-refractivity contribution in [2.45, 2.75) is 89.5 Å². The Hall–Kier alpha value is -5.05. The van der Waals surface area contributed by atoms with Crippen molar-refractivity contribution in [3.63, 3.8) is 0 Å². The van der Waals surface area contributed by atoms with Crippen LogP contribution in [0.3, 0.4) is 0 Å². The van der Waals surface area contributed by atoms with Crippen LogP contribution in [0.4, 0.5) is 0 Å². The minimum atomic E-state index is -1.48. The summed E-state index contributed by atoms with van der Waals surface area (Å²) < 4.78 is 50.2. The molecular weight excluding hydrogens is 670 g/mol. The summed E-state index contributed by atoms with van der Waals surface area (Å²) in [6, 6.07) is 10.3. The Bertz CT molecular complexity index is 1590. The molecule has 2 fully saturated rings. The second-order valence-corrected chi connectivity index (χ2v) is 12.3. The fourth-order valence-corrected chi connectivity index (χ4v) is 6.45. The minimum absolute atomic E-state index is 0.0764. The number of hydrogen-bond donors (Lipinski definition) is 1. The number of esters is 4. The van der Waals surface area contributed by atoms with Gasteiger partial charge in [-0.25, -0.2) is 0 Å². The summed E-state index contributed by atoms with van der Waals surface area (Å²) in [5, 5.41) is 3.08. The van der Waals surface area contributed by atoms with Gasteiger partial charge in [-0.05, 0) is 48.7 Å². The topological polar surface area (TPSA) is 180 Å². The van der Waals surface area contributed by atoms with E-state index in [0.29, 0.717) is 18.0 Å². The summed E-state index contributed by atoms with van der Waals surface area (Å²) >= 11 is 0. The second-order valence-electron chi connectivity index (χ2n) is 12.3. The molecule has 2 aliphatic rings. The van der Waals surface area contributed by atoms with Gasteiger partial charge >= 0.3 is 23.9 Å². The highest BCUT2D eigenvalue weighted by Gasteiger charge is 2.53. The number of carbonyl (C=O) groups excluding carboxylic acids is 5. The first-order chi connectivity index (χ1) is 24.3. The van der Waals surface area contributed by atoms with E-state index in [9.17, 15) is 24.0 Å². The monoisotopic (exact) mass is 715 g/mol. The van der Waals surface area contributed by atoms with Gasteiger partial charge in [0.25, 0.3) is 5.91 Å². The Balaban J connectivity index is 1.59. The molecule has 4 rings (SSSR count). The maximum absolute atomic E-state index is 13.5. The van der Waals surface area contributed by atoms with Crippen LogP contribution < -0.4 is 24.3 Å². The molecule has 1 heterocycles. The number of hydrogen-bond acceptors (Lipinski definition) is 14. The largest absolute Gasteiger partial charge is 0.493 e. The van der Waals surface area contributed by atoms with Gasteiger partial charge in [-0.15, -0.1) is 0 Å². The average Bonchev–Trinajstić information content (AvgIpc) is 3.58. The molecule has 0 bridgehead atoms. The van der Waals surface area contributed by atoms with Gasteiger partial charge in [0.1, 0.15) is 12.7 Å². The van der Waals surface area contributed by atoms with E-state index in [0.717, 1.165) is 52.0 Å². The molecule has 0 radical (unpaired) electrons. The first kappa shape index (κ1) is 38.7. The van der Waals surface area contributed by atoms with E-state index in [4.69, 9.17) is 42.6 Å². The Kier molecular flexibility index (Phi) is 13.1. The van der Waals surface area contributed by atoms with Crippen LogP contribution in [0, 0.1) is 0 Å². The van der Waals surface area contributed by atoms with Gasteiger partial charge < -0.3 is 47.9 Å². The Morgan fingerprint density at radius 1 is 0.706 bits per heavy atom. The maximum atomic E-state index is 13.5. The first-order valence-corrected chi connectivity index (χ1v) is 16.5. The molecular formula is C36H45NO14. The van der Waals surface area contributed by atoms with E-state index in [1.165, 1.54) is 32.2 Å². The van der Waals surface area contributed by atoms with E-state index in [1.807, 2.05) is 18.2 Å². The van der Waals surface area contributed by atoms with Crippen molar-refractivity contribution < 1.29 is 66.6 Å². The summed E-state index contributed by atoms with van der Waals surface area (Å²) in [6.45, 7) is 4.52. The summed E-state index contributed by atoms with van der Waals surface area (Å²) in [7, 11) is 4.54. The molecule has 15 heteroatoms. The van der Waals surface area contributed by atoms with Crippen LogP contribution in [-0.2, 0) is 48.3 Å². The molecule has 5 atom stereocenters. The van der Waals surface area contributed by atoms with E-state index >= 15 is 0 Å². The molecule has 0 spiro atoms. The third kappa shape index (κ3) is 9.60. The number of ether oxygens (including phenoxy) is 9. The average molecular weight is 716 g/mol. The summed E-state index contributed by atoms with van der Waals surface area (Å²) in [5.74, 6) is -1.87. The highest BCUT2D eigenvalue weighted by Crippen LogP contribution is 2.43. The van der Waals surface area contributed by atoms with Gasteiger partial charge in [-0.3, -0.25) is 24.0 Å². The van der Waals surface area contributed by atoms with Gasteiger partial charge in [0.2, 0.25) is 12.4 Å². The molecule has 1 saturated heterocycles. The lowest BCUT2D eigenvalue weighted by molar-refractivity contribution is -0.288.